The number of hydrogen-bond acceptors (Lipinski definition) is 4. The molecule has 2 saturated heterocycles. The van der Waals surface area contributed by atoms with E-state index in [0.717, 1.165) is 24.3 Å². The number of amides is 3. The Hall–Kier alpha value is -2.73. The first-order chi connectivity index (χ1) is 12.7. The highest BCUT2D eigenvalue weighted by atomic mass is 16.2. The molecule has 1 aromatic carbocycles. The van der Waals surface area contributed by atoms with Crippen molar-refractivity contribution in [3.63, 3.8) is 0 Å². The fourth-order valence-corrected chi connectivity index (χ4v) is 3.88. The molecule has 0 atom stereocenters. The molecule has 1 N–H and O–H groups in total. The van der Waals surface area contributed by atoms with Gasteiger partial charge in [0.05, 0.1) is 12.2 Å². The molecular formula is C20H22N4O2. The van der Waals surface area contributed by atoms with E-state index in [1.54, 1.807) is 11.1 Å². The number of aromatic nitrogens is 1. The van der Waals surface area contributed by atoms with Gasteiger partial charge in [-0.2, -0.15) is 0 Å². The molecule has 6 nitrogen and oxygen atoms in total. The van der Waals surface area contributed by atoms with Gasteiger partial charge in [-0.05, 0) is 43.6 Å². The van der Waals surface area contributed by atoms with Gasteiger partial charge in [0.15, 0.2) is 0 Å². The van der Waals surface area contributed by atoms with Crippen LogP contribution in [0.15, 0.2) is 54.7 Å². The van der Waals surface area contributed by atoms with Crippen molar-refractivity contribution in [2.24, 2.45) is 0 Å². The molecule has 2 fully saturated rings. The number of nitrogens with one attached hydrogen (secondary N) is 1. The van der Waals surface area contributed by atoms with Crippen LogP contribution in [0.3, 0.4) is 0 Å². The van der Waals surface area contributed by atoms with Crippen molar-refractivity contribution in [3.05, 3.63) is 66.0 Å². The second-order valence-electron chi connectivity index (χ2n) is 6.85. The highest BCUT2D eigenvalue weighted by molar-refractivity contribution is 6.07. The lowest BCUT2D eigenvalue weighted by molar-refractivity contribution is -0.135. The summed E-state index contributed by atoms with van der Waals surface area (Å²) in [4.78, 5) is 33.9. The summed E-state index contributed by atoms with van der Waals surface area (Å²) in [6.45, 7) is 2.15. The second-order valence-corrected chi connectivity index (χ2v) is 6.85. The number of benzene rings is 1. The predicted molar refractivity (Wildman–Crippen MR) is 97.0 cm³/mol. The summed E-state index contributed by atoms with van der Waals surface area (Å²) in [7, 11) is 0. The molecule has 2 aliphatic heterocycles. The normalized spacial score (nSPS) is 19.4. The van der Waals surface area contributed by atoms with Gasteiger partial charge in [-0.1, -0.05) is 36.4 Å². The van der Waals surface area contributed by atoms with E-state index in [1.165, 1.54) is 4.90 Å². The van der Waals surface area contributed by atoms with E-state index in [1.807, 2.05) is 48.5 Å². The molecule has 0 aliphatic carbocycles. The van der Waals surface area contributed by atoms with E-state index in [0.29, 0.717) is 19.4 Å². The molecule has 0 unspecified atom stereocenters. The lowest BCUT2D eigenvalue weighted by atomic mass is 9.86. The van der Waals surface area contributed by atoms with E-state index in [-0.39, 0.29) is 18.5 Å². The minimum Gasteiger partial charge on any atom is -0.317 e. The SMILES string of the molecule is O=C1N(Cc2ccccn2)C(=O)C2(CCNCC2)N1Cc1ccccc1. The van der Waals surface area contributed by atoms with Crippen LogP contribution in [0.25, 0.3) is 0 Å². The van der Waals surface area contributed by atoms with Gasteiger partial charge < -0.3 is 10.2 Å². The Labute approximate surface area is 152 Å². The van der Waals surface area contributed by atoms with E-state index < -0.39 is 5.54 Å². The standard InChI is InChI=1S/C20H22N4O2/c25-18-20(9-12-21-13-10-20)24(14-16-6-2-1-3-7-16)19(26)23(18)15-17-8-4-5-11-22-17/h1-8,11,21H,9-10,12-15H2. The lowest BCUT2D eigenvalue weighted by Crippen LogP contribution is -2.55. The third kappa shape index (κ3) is 2.86. The molecule has 0 saturated carbocycles. The fraction of sp³-hybridized carbons (Fsp3) is 0.350. The highest BCUT2D eigenvalue weighted by Gasteiger charge is 2.57. The van der Waals surface area contributed by atoms with Crippen LogP contribution in [-0.4, -0.2) is 45.4 Å². The lowest BCUT2D eigenvalue weighted by Gasteiger charge is -2.38. The Morgan fingerprint density at radius 3 is 2.38 bits per heavy atom. The number of urea groups is 1. The summed E-state index contributed by atoms with van der Waals surface area (Å²) >= 11 is 0. The maximum Gasteiger partial charge on any atom is 0.328 e. The summed E-state index contributed by atoms with van der Waals surface area (Å²) < 4.78 is 0. The largest absolute Gasteiger partial charge is 0.328 e. The number of hydrogen-bond donors (Lipinski definition) is 1. The number of rotatable bonds is 4. The molecule has 1 spiro atoms. The van der Waals surface area contributed by atoms with Gasteiger partial charge in [0.25, 0.3) is 5.91 Å². The highest BCUT2D eigenvalue weighted by Crippen LogP contribution is 2.37. The quantitative estimate of drug-likeness (QED) is 0.859. The average Bonchev–Trinajstić information content (AvgIpc) is 2.87. The molecule has 6 heteroatoms. The summed E-state index contributed by atoms with van der Waals surface area (Å²) in [6, 6.07) is 15.2. The first-order valence-electron chi connectivity index (χ1n) is 8.99. The summed E-state index contributed by atoms with van der Waals surface area (Å²) in [5.74, 6) is -0.0921. The molecule has 0 radical (unpaired) electrons. The van der Waals surface area contributed by atoms with E-state index in [2.05, 4.69) is 10.3 Å². The maximum atomic E-state index is 13.3. The fourth-order valence-electron chi connectivity index (χ4n) is 3.88. The Morgan fingerprint density at radius 1 is 0.962 bits per heavy atom. The molecule has 26 heavy (non-hydrogen) atoms. The Balaban J connectivity index is 1.66. The molecular weight excluding hydrogens is 328 g/mol. The van der Waals surface area contributed by atoms with Gasteiger partial charge in [0.2, 0.25) is 0 Å². The number of imide groups is 1. The van der Waals surface area contributed by atoms with Crippen LogP contribution in [0, 0.1) is 0 Å². The zero-order valence-electron chi connectivity index (χ0n) is 14.6. The third-order valence-corrected chi connectivity index (χ3v) is 5.28. The van der Waals surface area contributed by atoms with Crippen LogP contribution in [-0.2, 0) is 17.9 Å². The number of piperidine rings is 1. The Bertz CT molecular complexity index is 788. The molecule has 1 aromatic heterocycles. The van der Waals surface area contributed by atoms with Crippen molar-refractivity contribution in [1.82, 2.24) is 20.1 Å². The van der Waals surface area contributed by atoms with Crippen molar-refractivity contribution in [3.8, 4) is 0 Å². The summed E-state index contributed by atoms with van der Waals surface area (Å²) in [6.07, 6.45) is 2.97. The number of nitrogens with zero attached hydrogens (tertiary/aromatic N) is 3. The third-order valence-electron chi connectivity index (χ3n) is 5.28. The zero-order valence-corrected chi connectivity index (χ0v) is 14.6. The number of carbonyl (C=O) groups is 2. The summed E-state index contributed by atoms with van der Waals surface area (Å²) in [5.41, 5.74) is 1.01. The topological polar surface area (TPSA) is 65.5 Å². The summed E-state index contributed by atoms with van der Waals surface area (Å²) in [5, 5.41) is 3.30. The van der Waals surface area contributed by atoms with Crippen LogP contribution in [0.1, 0.15) is 24.1 Å². The van der Waals surface area contributed by atoms with Gasteiger partial charge in [0.1, 0.15) is 5.54 Å². The van der Waals surface area contributed by atoms with Crippen LogP contribution in [0.5, 0.6) is 0 Å². The van der Waals surface area contributed by atoms with Crippen molar-refractivity contribution in [1.29, 1.82) is 0 Å². The van der Waals surface area contributed by atoms with E-state index in [4.69, 9.17) is 0 Å². The van der Waals surface area contributed by atoms with Gasteiger partial charge in [-0.25, -0.2) is 4.79 Å². The molecule has 2 aromatic rings. The van der Waals surface area contributed by atoms with Crippen LogP contribution in [0.4, 0.5) is 4.79 Å². The Morgan fingerprint density at radius 2 is 1.69 bits per heavy atom. The first kappa shape index (κ1) is 16.7. The Kier molecular flexibility index (Phi) is 4.42. The molecule has 4 rings (SSSR count). The van der Waals surface area contributed by atoms with Gasteiger partial charge in [0, 0.05) is 12.7 Å². The molecule has 3 amide bonds. The average molecular weight is 350 g/mol. The van der Waals surface area contributed by atoms with Crippen LogP contribution >= 0.6 is 0 Å². The molecule has 0 bridgehead atoms. The van der Waals surface area contributed by atoms with Crippen molar-refractivity contribution < 1.29 is 9.59 Å². The minimum absolute atomic E-state index is 0.0921. The van der Waals surface area contributed by atoms with E-state index >= 15 is 0 Å². The van der Waals surface area contributed by atoms with Crippen LogP contribution < -0.4 is 5.32 Å². The zero-order chi connectivity index (χ0) is 18.0. The smallest absolute Gasteiger partial charge is 0.317 e. The van der Waals surface area contributed by atoms with Crippen LogP contribution in [0.2, 0.25) is 0 Å². The minimum atomic E-state index is -0.743. The second kappa shape index (κ2) is 6.88. The van der Waals surface area contributed by atoms with Gasteiger partial charge in [-0.15, -0.1) is 0 Å². The molecule has 3 heterocycles. The predicted octanol–water partition coefficient (Wildman–Crippen LogP) is 2.17. The van der Waals surface area contributed by atoms with Crippen molar-refractivity contribution in [2.45, 2.75) is 31.5 Å². The maximum absolute atomic E-state index is 13.3. The van der Waals surface area contributed by atoms with Crippen molar-refractivity contribution >= 4 is 11.9 Å². The molecule has 2 aliphatic rings. The van der Waals surface area contributed by atoms with Crippen molar-refractivity contribution in [2.75, 3.05) is 13.1 Å². The monoisotopic (exact) mass is 350 g/mol. The molecule has 134 valence electrons. The first-order valence-corrected chi connectivity index (χ1v) is 8.99. The number of carbonyl (C=O) groups excluding carboxylic acids is 2. The van der Waals surface area contributed by atoms with E-state index in [9.17, 15) is 9.59 Å². The van der Waals surface area contributed by atoms with Gasteiger partial charge in [-0.3, -0.25) is 14.7 Å². The van der Waals surface area contributed by atoms with Gasteiger partial charge >= 0.3 is 6.03 Å². The number of pyridine rings is 1.